The van der Waals surface area contributed by atoms with Gasteiger partial charge < -0.3 is 47.6 Å². The fourth-order valence-corrected chi connectivity index (χ4v) is 5.51. The molecular formula is C35H51ClN8O6. The second-order valence-corrected chi connectivity index (χ2v) is 12.6. The van der Waals surface area contributed by atoms with Crippen LogP contribution in [0, 0.1) is 0 Å². The summed E-state index contributed by atoms with van der Waals surface area (Å²) in [4.78, 5) is 26.2. The van der Waals surface area contributed by atoms with Gasteiger partial charge in [-0.2, -0.15) is 0 Å². The van der Waals surface area contributed by atoms with Gasteiger partial charge in [0.2, 0.25) is 0 Å². The second-order valence-electron chi connectivity index (χ2n) is 12.3. The molecule has 0 bridgehead atoms. The molecule has 0 aliphatic heterocycles. The molecule has 0 radical (unpaired) electrons. The Morgan fingerprint density at radius 3 is 1.98 bits per heavy atom. The average Bonchev–Trinajstić information content (AvgIpc) is 3.11. The number of aliphatic hydroxyl groups excluding tert-OH is 5. The van der Waals surface area contributed by atoms with E-state index in [0.29, 0.717) is 19.6 Å². The zero-order valence-electron chi connectivity index (χ0n) is 28.2. The number of nitrogen functional groups attached to an aromatic ring is 2. The van der Waals surface area contributed by atoms with Gasteiger partial charge >= 0.3 is 0 Å². The number of aliphatic imine (C=N–C) groups is 1. The van der Waals surface area contributed by atoms with E-state index >= 15 is 0 Å². The number of halogens is 1. The van der Waals surface area contributed by atoms with Crippen molar-refractivity contribution in [2.75, 3.05) is 44.3 Å². The third-order valence-electron chi connectivity index (χ3n) is 8.28. The molecule has 0 aliphatic rings. The lowest BCUT2D eigenvalue weighted by molar-refractivity contribution is -0.119. The minimum absolute atomic E-state index is 0.0666. The highest BCUT2D eigenvalue weighted by Crippen LogP contribution is 2.17. The Balaban J connectivity index is 1.41. The zero-order valence-corrected chi connectivity index (χ0v) is 29.0. The summed E-state index contributed by atoms with van der Waals surface area (Å²) in [5.74, 6) is -0.993. The minimum Gasteiger partial charge on any atom is -0.394 e. The minimum atomic E-state index is -1.65. The van der Waals surface area contributed by atoms with Crippen LogP contribution >= 0.6 is 11.6 Å². The summed E-state index contributed by atoms with van der Waals surface area (Å²) >= 11 is 5.82. The number of carbonyl (C=O) groups excluding carboxylic acids is 1. The van der Waals surface area contributed by atoms with Crippen molar-refractivity contribution in [1.82, 2.24) is 20.2 Å². The molecule has 1 aromatic heterocycles. The van der Waals surface area contributed by atoms with E-state index in [1.54, 1.807) is 0 Å². The van der Waals surface area contributed by atoms with Crippen molar-refractivity contribution in [3.05, 3.63) is 82.1 Å². The molecule has 3 aromatic rings. The van der Waals surface area contributed by atoms with Crippen molar-refractivity contribution in [3.63, 3.8) is 0 Å². The molecule has 0 saturated carbocycles. The Morgan fingerprint density at radius 1 is 0.780 bits per heavy atom. The SMILES string of the molecule is NC(=NCCCCc1ccc(CCCN(CCCCc2ccccc2)C[C@@H](O)[C@H](O)[C@@H](O)[C@@H](O)CO)cc1)NC(=O)c1nc(Cl)c(N)nc1N. The van der Waals surface area contributed by atoms with Crippen molar-refractivity contribution in [2.24, 2.45) is 10.7 Å². The van der Waals surface area contributed by atoms with Crippen molar-refractivity contribution in [1.29, 1.82) is 0 Å². The van der Waals surface area contributed by atoms with Crippen LogP contribution in [-0.2, 0) is 19.3 Å². The molecule has 0 unspecified atom stereocenters. The van der Waals surface area contributed by atoms with Crippen LogP contribution in [0.4, 0.5) is 11.6 Å². The van der Waals surface area contributed by atoms with E-state index in [0.717, 1.165) is 51.4 Å². The molecule has 0 aliphatic carbocycles. The van der Waals surface area contributed by atoms with E-state index < -0.39 is 36.9 Å². The number of aryl methyl sites for hydroxylation is 3. The van der Waals surface area contributed by atoms with E-state index in [2.05, 4.69) is 61.6 Å². The predicted octanol–water partition coefficient (Wildman–Crippen LogP) is 1.06. The van der Waals surface area contributed by atoms with E-state index in [9.17, 15) is 25.2 Å². The fourth-order valence-electron chi connectivity index (χ4n) is 5.38. The molecule has 3 rings (SSSR count). The van der Waals surface area contributed by atoms with Crippen LogP contribution in [0.3, 0.4) is 0 Å². The highest BCUT2D eigenvalue weighted by atomic mass is 35.5. The maximum atomic E-state index is 12.4. The van der Waals surface area contributed by atoms with Gasteiger partial charge in [0.1, 0.15) is 18.3 Å². The molecule has 4 atom stereocenters. The van der Waals surface area contributed by atoms with Gasteiger partial charge in [-0.3, -0.25) is 15.1 Å². The molecule has 0 saturated heterocycles. The highest BCUT2D eigenvalue weighted by molar-refractivity contribution is 6.31. The van der Waals surface area contributed by atoms with Gasteiger partial charge in [-0.05, 0) is 81.1 Å². The van der Waals surface area contributed by atoms with Crippen LogP contribution in [-0.4, -0.2) is 109 Å². The largest absolute Gasteiger partial charge is 0.394 e. The van der Waals surface area contributed by atoms with Crippen molar-refractivity contribution < 1.29 is 30.3 Å². The number of hydrogen-bond donors (Lipinski definition) is 9. The number of hydrogen-bond acceptors (Lipinski definition) is 12. The molecule has 274 valence electrons. The molecule has 12 N–H and O–H groups in total. The number of rotatable bonds is 21. The highest BCUT2D eigenvalue weighted by Gasteiger charge is 2.31. The summed E-state index contributed by atoms with van der Waals surface area (Å²) in [7, 11) is 0. The summed E-state index contributed by atoms with van der Waals surface area (Å²) < 4.78 is 0. The van der Waals surface area contributed by atoms with Crippen LogP contribution in [0.15, 0.2) is 59.6 Å². The number of unbranched alkanes of at least 4 members (excludes halogenated alkanes) is 2. The van der Waals surface area contributed by atoms with Crippen molar-refractivity contribution in [2.45, 2.75) is 75.8 Å². The summed E-state index contributed by atoms with van der Waals surface area (Å²) in [6.45, 7) is 1.21. The molecule has 50 heavy (non-hydrogen) atoms. The summed E-state index contributed by atoms with van der Waals surface area (Å²) in [5, 5.41) is 52.1. The van der Waals surface area contributed by atoms with Crippen LogP contribution in [0.2, 0.25) is 5.15 Å². The third kappa shape index (κ3) is 13.8. The van der Waals surface area contributed by atoms with E-state index in [-0.39, 0.29) is 35.0 Å². The zero-order chi connectivity index (χ0) is 36.5. The first-order chi connectivity index (χ1) is 24.0. The summed E-state index contributed by atoms with van der Waals surface area (Å²) in [6, 6.07) is 18.6. The van der Waals surface area contributed by atoms with E-state index in [1.165, 1.54) is 16.7 Å². The number of carbonyl (C=O) groups is 1. The van der Waals surface area contributed by atoms with Gasteiger partial charge in [-0.15, -0.1) is 0 Å². The number of nitrogens with two attached hydrogens (primary N) is 3. The Hall–Kier alpha value is -3.89. The van der Waals surface area contributed by atoms with Crippen LogP contribution < -0.4 is 22.5 Å². The summed E-state index contributed by atoms with van der Waals surface area (Å²) in [5.41, 5.74) is 20.5. The molecule has 1 heterocycles. The Bertz CT molecular complexity index is 1480. The van der Waals surface area contributed by atoms with Gasteiger partial charge in [0.25, 0.3) is 5.91 Å². The van der Waals surface area contributed by atoms with Crippen LogP contribution in [0.5, 0.6) is 0 Å². The number of amides is 1. The number of aromatic nitrogens is 2. The van der Waals surface area contributed by atoms with Crippen LogP contribution in [0.25, 0.3) is 0 Å². The third-order valence-corrected chi connectivity index (χ3v) is 8.56. The standard InChI is InChI=1S/C35H51ClN8O6/c36-31-33(38)42-32(37)28(41-31)34(50)43-35(39)40-18-6-4-11-24-14-16-25(17-15-24)13-8-20-44(19-7-5-12-23-9-2-1-3-10-23)21-26(46)29(48)30(49)27(47)22-45/h1-3,9-10,14-17,26-27,29-30,45-49H,4-8,11-13,18-22H2,(H4,37,38,42)(H3,39,40,43,50)/t26-,27+,29+,30+/m1/s1. The molecule has 0 fully saturated rings. The Labute approximate surface area is 298 Å². The first kappa shape index (κ1) is 40.5. The lowest BCUT2D eigenvalue weighted by atomic mass is 10.0. The number of benzene rings is 2. The molecule has 1 amide bonds. The van der Waals surface area contributed by atoms with Gasteiger partial charge in [0.15, 0.2) is 28.4 Å². The van der Waals surface area contributed by atoms with Crippen LogP contribution in [0.1, 0.15) is 59.3 Å². The molecule has 0 spiro atoms. The van der Waals surface area contributed by atoms with Crippen molar-refractivity contribution in [3.8, 4) is 0 Å². The average molecular weight is 715 g/mol. The second kappa shape index (κ2) is 21.4. The lowest BCUT2D eigenvalue weighted by Gasteiger charge is -2.30. The molecule has 14 nitrogen and oxygen atoms in total. The first-order valence-corrected chi connectivity index (χ1v) is 17.2. The Morgan fingerprint density at radius 2 is 1.34 bits per heavy atom. The first-order valence-electron chi connectivity index (χ1n) is 16.9. The topological polar surface area (TPSA) is 250 Å². The Kier molecular flexibility index (Phi) is 17.3. The molecule has 2 aromatic carbocycles. The van der Waals surface area contributed by atoms with E-state index in [4.69, 9.17) is 33.9 Å². The maximum Gasteiger partial charge on any atom is 0.280 e. The lowest BCUT2D eigenvalue weighted by Crippen LogP contribution is -2.50. The van der Waals surface area contributed by atoms with Gasteiger partial charge in [-0.25, -0.2) is 9.97 Å². The quantitative estimate of drug-likeness (QED) is 0.0427. The molecular weight excluding hydrogens is 664 g/mol. The number of guanidine groups is 1. The number of nitrogens with zero attached hydrogens (tertiary/aromatic N) is 4. The predicted molar refractivity (Wildman–Crippen MR) is 194 cm³/mol. The summed E-state index contributed by atoms with van der Waals surface area (Å²) in [6.07, 6.45) is 0.871. The fraction of sp³-hybridized carbons (Fsp3) is 0.486. The number of nitrogens with one attached hydrogen (secondary N) is 1. The van der Waals surface area contributed by atoms with Gasteiger partial charge in [0, 0.05) is 13.1 Å². The monoisotopic (exact) mass is 714 g/mol. The number of aliphatic hydroxyl groups is 5. The maximum absolute atomic E-state index is 12.4. The van der Waals surface area contributed by atoms with Gasteiger partial charge in [0.05, 0.1) is 12.7 Å². The molecule has 15 heteroatoms. The van der Waals surface area contributed by atoms with Crippen molar-refractivity contribution >= 4 is 35.1 Å². The number of anilines is 2. The normalized spacial score (nSPS) is 14.3. The smallest absolute Gasteiger partial charge is 0.280 e. The van der Waals surface area contributed by atoms with E-state index in [1.807, 2.05) is 18.2 Å². The van der Waals surface area contributed by atoms with Gasteiger partial charge in [-0.1, -0.05) is 66.2 Å².